The fourth-order valence-electron chi connectivity index (χ4n) is 4.71. The van der Waals surface area contributed by atoms with Crippen molar-refractivity contribution < 1.29 is 4.74 Å². The molecule has 1 unspecified atom stereocenters. The van der Waals surface area contributed by atoms with Gasteiger partial charge in [-0.2, -0.15) is 0 Å². The van der Waals surface area contributed by atoms with Gasteiger partial charge in [-0.1, -0.05) is 25.5 Å². The van der Waals surface area contributed by atoms with Crippen molar-refractivity contribution in [2.75, 3.05) is 53.4 Å². The van der Waals surface area contributed by atoms with E-state index in [1.54, 1.807) is 7.11 Å². The molecule has 0 spiro atoms. The van der Waals surface area contributed by atoms with Gasteiger partial charge in [0.2, 0.25) is 0 Å². The number of ether oxygens (including phenoxy) is 1. The van der Waals surface area contributed by atoms with E-state index >= 15 is 0 Å². The number of likely N-dealkylation sites (tertiary alicyclic amines) is 2. The quantitative estimate of drug-likeness (QED) is 0.296. The van der Waals surface area contributed by atoms with Crippen molar-refractivity contribution in [3.63, 3.8) is 0 Å². The molecule has 6 nitrogen and oxygen atoms in total. The van der Waals surface area contributed by atoms with Crippen molar-refractivity contribution in [2.45, 2.75) is 57.5 Å². The lowest BCUT2D eigenvalue weighted by atomic mass is 10.0. The van der Waals surface area contributed by atoms with Crippen LogP contribution in [0.1, 0.15) is 57.1 Å². The molecule has 0 saturated carbocycles. The van der Waals surface area contributed by atoms with E-state index in [4.69, 9.17) is 4.74 Å². The van der Waals surface area contributed by atoms with Gasteiger partial charge in [0.15, 0.2) is 5.96 Å². The molecule has 2 fully saturated rings. The molecule has 1 atom stereocenters. The predicted octanol–water partition coefficient (Wildman–Crippen LogP) is 3.88. The number of aliphatic imine (C=N–C) groups is 1. The molecule has 1 aromatic rings. The standard InChI is InChI=1S/C24H41N5O.HI/c1-4-14-28-17-12-21(13-18-28)27-24(25-2)26-19-23(29-15-6-5-7-16-29)20-8-10-22(30-3)11-9-20;/h8-11,21,23H,4-7,12-19H2,1-3H3,(H2,25,26,27);1H. The highest BCUT2D eigenvalue weighted by Crippen LogP contribution is 2.26. The summed E-state index contributed by atoms with van der Waals surface area (Å²) in [7, 11) is 3.60. The van der Waals surface area contributed by atoms with Crippen LogP contribution in [0.25, 0.3) is 0 Å². The Morgan fingerprint density at radius 3 is 2.35 bits per heavy atom. The van der Waals surface area contributed by atoms with E-state index in [9.17, 15) is 0 Å². The monoisotopic (exact) mass is 543 g/mol. The van der Waals surface area contributed by atoms with E-state index in [1.165, 1.54) is 76.8 Å². The molecule has 2 N–H and O–H groups in total. The number of nitrogens with one attached hydrogen (secondary N) is 2. The summed E-state index contributed by atoms with van der Waals surface area (Å²) in [6.45, 7) is 9.05. The van der Waals surface area contributed by atoms with E-state index in [-0.39, 0.29) is 24.0 Å². The van der Waals surface area contributed by atoms with Crippen LogP contribution < -0.4 is 15.4 Å². The predicted molar refractivity (Wildman–Crippen MR) is 141 cm³/mol. The Hall–Kier alpha value is -1.06. The average Bonchev–Trinajstić information content (AvgIpc) is 2.81. The van der Waals surface area contributed by atoms with Crippen LogP contribution in [0.5, 0.6) is 5.75 Å². The van der Waals surface area contributed by atoms with E-state index < -0.39 is 0 Å². The molecule has 2 saturated heterocycles. The highest BCUT2D eigenvalue weighted by Gasteiger charge is 2.24. The van der Waals surface area contributed by atoms with Crippen LogP contribution in [-0.4, -0.2) is 75.2 Å². The smallest absolute Gasteiger partial charge is 0.191 e. The first-order valence-electron chi connectivity index (χ1n) is 11.8. The third-order valence-electron chi connectivity index (χ3n) is 6.49. The third kappa shape index (κ3) is 8.09. The summed E-state index contributed by atoms with van der Waals surface area (Å²) in [5.74, 6) is 1.84. The first-order chi connectivity index (χ1) is 14.7. The molecule has 7 heteroatoms. The highest BCUT2D eigenvalue weighted by molar-refractivity contribution is 14.0. The molecule has 176 valence electrons. The fourth-order valence-corrected chi connectivity index (χ4v) is 4.71. The lowest BCUT2D eigenvalue weighted by Crippen LogP contribution is -2.50. The van der Waals surface area contributed by atoms with Crippen LogP contribution in [0.3, 0.4) is 0 Å². The van der Waals surface area contributed by atoms with Crippen LogP contribution in [-0.2, 0) is 0 Å². The summed E-state index contributed by atoms with van der Waals surface area (Å²) >= 11 is 0. The van der Waals surface area contributed by atoms with Crippen LogP contribution in [0, 0.1) is 0 Å². The Morgan fingerprint density at radius 2 is 1.77 bits per heavy atom. The molecule has 3 rings (SSSR count). The zero-order chi connectivity index (χ0) is 21.2. The van der Waals surface area contributed by atoms with E-state index in [1.807, 2.05) is 7.05 Å². The normalized spacial score (nSPS) is 20.0. The van der Waals surface area contributed by atoms with Gasteiger partial charge in [-0.15, -0.1) is 24.0 Å². The molecule has 0 amide bonds. The zero-order valence-corrected chi connectivity index (χ0v) is 21.9. The summed E-state index contributed by atoms with van der Waals surface area (Å²) in [4.78, 5) is 9.71. The largest absolute Gasteiger partial charge is 0.497 e. The van der Waals surface area contributed by atoms with Crippen molar-refractivity contribution in [3.8, 4) is 5.75 Å². The fraction of sp³-hybridized carbons (Fsp3) is 0.708. The summed E-state index contributed by atoms with van der Waals surface area (Å²) < 4.78 is 5.36. The number of piperidine rings is 2. The van der Waals surface area contributed by atoms with Gasteiger partial charge in [0.05, 0.1) is 13.2 Å². The van der Waals surface area contributed by atoms with Gasteiger partial charge >= 0.3 is 0 Å². The van der Waals surface area contributed by atoms with Crippen molar-refractivity contribution in [3.05, 3.63) is 29.8 Å². The number of rotatable bonds is 8. The van der Waals surface area contributed by atoms with Crippen LogP contribution in [0.4, 0.5) is 0 Å². The molecule has 2 aliphatic rings. The molecule has 0 aromatic heterocycles. The van der Waals surface area contributed by atoms with Gasteiger partial charge < -0.3 is 20.3 Å². The number of methoxy groups -OCH3 is 1. The zero-order valence-electron chi connectivity index (χ0n) is 19.6. The maximum absolute atomic E-state index is 5.36. The van der Waals surface area contributed by atoms with Gasteiger partial charge in [-0.25, -0.2) is 0 Å². The van der Waals surface area contributed by atoms with Gasteiger partial charge in [-0.3, -0.25) is 9.89 Å². The molecule has 2 heterocycles. The van der Waals surface area contributed by atoms with Crippen molar-refractivity contribution in [1.82, 2.24) is 20.4 Å². The maximum atomic E-state index is 5.36. The molecule has 1 aromatic carbocycles. The minimum atomic E-state index is 0. The number of nitrogens with zero attached hydrogens (tertiary/aromatic N) is 3. The second-order valence-corrected chi connectivity index (χ2v) is 8.60. The molecule has 31 heavy (non-hydrogen) atoms. The Kier molecular flexibility index (Phi) is 12.0. The summed E-state index contributed by atoms with van der Waals surface area (Å²) in [5, 5.41) is 7.30. The van der Waals surface area contributed by atoms with Crippen molar-refractivity contribution in [2.24, 2.45) is 4.99 Å². The molecule has 2 aliphatic heterocycles. The Labute approximate surface area is 206 Å². The van der Waals surface area contributed by atoms with E-state index in [0.717, 1.165) is 18.3 Å². The van der Waals surface area contributed by atoms with Crippen molar-refractivity contribution in [1.29, 1.82) is 0 Å². The Balaban J connectivity index is 0.00000341. The summed E-state index contributed by atoms with van der Waals surface area (Å²) in [5.41, 5.74) is 1.34. The first-order valence-corrected chi connectivity index (χ1v) is 11.8. The highest BCUT2D eigenvalue weighted by atomic mass is 127. The van der Waals surface area contributed by atoms with E-state index in [0.29, 0.717) is 12.1 Å². The molecular formula is C24H42IN5O. The minimum Gasteiger partial charge on any atom is -0.497 e. The Morgan fingerprint density at radius 1 is 1.10 bits per heavy atom. The first kappa shape index (κ1) is 26.2. The van der Waals surface area contributed by atoms with Gasteiger partial charge in [0.25, 0.3) is 0 Å². The second-order valence-electron chi connectivity index (χ2n) is 8.60. The van der Waals surface area contributed by atoms with Gasteiger partial charge in [0.1, 0.15) is 5.75 Å². The van der Waals surface area contributed by atoms with Crippen LogP contribution in [0.15, 0.2) is 29.3 Å². The van der Waals surface area contributed by atoms with Crippen molar-refractivity contribution >= 4 is 29.9 Å². The average molecular weight is 544 g/mol. The molecule has 0 bridgehead atoms. The molecule has 0 aliphatic carbocycles. The van der Waals surface area contributed by atoms with E-state index in [2.05, 4.69) is 56.6 Å². The number of hydrogen-bond donors (Lipinski definition) is 2. The van der Waals surface area contributed by atoms with Gasteiger partial charge in [0, 0.05) is 32.7 Å². The van der Waals surface area contributed by atoms with Crippen LogP contribution in [0.2, 0.25) is 0 Å². The second kappa shape index (κ2) is 14.2. The number of hydrogen-bond acceptors (Lipinski definition) is 4. The topological polar surface area (TPSA) is 52.1 Å². The van der Waals surface area contributed by atoms with Crippen LogP contribution >= 0.6 is 24.0 Å². The molecular weight excluding hydrogens is 501 g/mol. The number of benzene rings is 1. The number of guanidine groups is 1. The SMILES string of the molecule is CCCN1CCC(NC(=NC)NCC(c2ccc(OC)cc2)N2CCCCC2)CC1.I. The lowest BCUT2D eigenvalue weighted by molar-refractivity contribution is 0.163. The third-order valence-corrected chi connectivity index (χ3v) is 6.49. The molecule has 0 radical (unpaired) electrons. The minimum absolute atomic E-state index is 0. The van der Waals surface area contributed by atoms with Gasteiger partial charge in [-0.05, 0) is 69.4 Å². The lowest BCUT2D eigenvalue weighted by Gasteiger charge is -2.36. The summed E-state index contributed by atoms with van der Waals surface area (Å²) in [6.07, 6.45) is 7.54. The maximum Gasteiger partial charge on any atom is 0.191 e. The Bertz CT molecular complexity index is 640. The number of halogens is 1. The summed E-state index contributed by atoms with van der Waals surface area (Å²) in [6, 6.07) is 9.42.